The molecule has 0 aliphatic rings. The third kappa shape index (κ3) is 2.88. The average molecular weight is 263 g/mol. The van der Waals surface area contributed by atoms with E-state index in [0.717, 1.165) is 24.0 Å². The molecule has 0 saturated heterocycles. The first-order valence-corrected chi connectivity index (χ1v) is 6.79. The molecule has 3 rings (SSSR count). The summed E-state index contributed by atoms with van der Waals surface area (Å²) in [4.78, 5) is 3.24. The van der Waals surface area contributed by atoms with Crippen LogP contribution in [0.25, 0.3) is 10.9 Å². The third-order valence-electron chi connectivity index (χ3n) is 3.28. The minimum Gasteiger partial charge on any atom is -0.361 e. The maximum atomic E-state index is 4.28. The van der Waals surface area contributed by atoms with Crippen LogP contribution >= 0.6 is 0 Å². The third-order valence-corrected chi connectivity index (χ3v) is 3.28. The van der Waals surface area contributed by atoms with Crippen LogP contribution in [0.4, 0.5) is 0 Å². The number of hydrogen-bond donors (Lipinski definition) is 2. The van der Waals surface area contributed by atoms with Crippen molar-refractivity contribution < 1.29 is 0 Å². The molecule has 0 aliphatic heterocycles. The molecule has 0 radical (unpaired) electrons. The zero-order valence-electron chi connectivity index (χ0n) is 11.2. The summed E-state index contributed by atoms with van der Waals surface area (Å²) in [7, 11) is 0. The number of fused-ring (bicyclic) bond motifs is 1. The fraction of sp³-hybridized carbons (Fsp3) is 0.118. The van der Waals surface area contributed by atoms with Gasteiger partial charge in [-0.15, -0.1) is 0 Å². The summed E-state index contributed by atoms with van der Waals surface area (Å²) in [5.41, 5.74) is 6.66. The summed E-state index contributed by atoms with van der Waals surface area (Å²) >= 11 is 0. The Kier molecular flexibility index (Phi) is 3.78. The van der Waals surface area contributed by atoms with Crippen LogP contribution in [0, 0.1) is 0 Å². The molecule has 0 bridgehead atoms. The van der Waals surface area contributed by atoms with Gasteiger partial charge in [-0.3, -0.25) is 0 Å². The number of aromatic amines is 1. The first-order valence-electron chi connectivity index (χ1n) is 6.79. The smallest absolute Gasteiger partial charge is 0.0561 e. The highest BCUT2D eigenvalue weighted by Crippen LogP contribution is 2.15. The Hall–Kier alpha value is -2.55. The molecule has 3 nitrogen and oxygen atoms in total. The lowest BCUT2D eigenvalue weighted by Gasteiger charge is -2.00. The average Bonchev–Trinajstić information content (AvgIpc) is 2.91. The Balaban J connectivity index is 1.56. The van der Waals surface area contributed by atoms with E-state index in [1.54, 1.807) is 0 Å². The predicted molar refractivity (Wildman–Crippen MR) is 84.0 cm³/mol. The van der Waals surface area contributed by atoms with Gasteiger partial charge < -0.3 is 10.4 Å². The van der Waals surface area contributed by atoms with Crippen molar-refractivity contribution in [3.05, 3.63) is 71.9 Å². The Morgan fingerprint density at radius 2 is 1.80 bits per heavy atom. The van der Waals surface area contributed by atoms with Gasteiger partial charge in [-0.2, -0.15) is 5.10 Å². The minimum absolute atomic E-state index is 0.836. The highest BCUT2D eigenvalue weighted by Gasteiger charge is 1.98. The molecule has 0 amide bonds. The molecule has 0 spiro atoms. The number of hydrogen-bond acceptors (Lipinski definition) is 2. The van der Waals surface area contributed by atoms with Crippen LogP contribution < -0.4 is 5.43 Å². The lowest BCUT2D eigenvalue weighted by molar-refractivity contribution is 0.734. The topological polar surface area (TPSA) is 40.2 Å². The van der Waals surface area contributed by atoms with Crippen molar-refractivity contribution in [2.75, 3.05) is 6.54 Å². The zero-order valence-corrected chi connectivity index (χ0v) is 11.2. The van der Waals surface area contributed by atoms with E-state index in [2.05, 4.69) is 51.9 Å². The van der Waals surface area contributed by atoms with Gasteiger partial charge in [0.25, 0.3) is 0 Å². The van der Waals surface area contributed by atoms with Crippen LogP contribution in [0.1, 0.15) is 11.1 Å². The Morgan fingerprint density at radius 3 is 2.70 bits per heavy atom. The van der Waals surface area contributed by atoms with Crippen molar-refractivity contribution in [3.63, 3.8) is 0 Å². The van der Waals surface area contributed by atoms with Crippen molar-refractivity contribution in [1.29, 1.82) is 0 Å². The molecule has 1 heterocycles. The molecule has 3 aromatic rings. The summed E-state index contributed by atoms with van der Waals surface area (Å²) in [6, 6.07) is 18.6. The van der Waals surface area contributed by atoms with Gasteiger partial charge in [-0.1, -0.05) is 48.5 Å². The quantitative estimate of drug-likeness (QED) is 0.414. The maximum Gasteiger partial charge on any atom is 0.0561 e. The van der Waals surface area contributed by atoms with Gasteiger partial charge in [0.15, 0.2) is 0 Å². The molecular formula is C17H17N3. The van der Waals surface area contributed by atoms with E-state index >= 15 is 0 Å². The molecule has 0 aliphatic carbocycles. The van der Waals surface area contributed by atoms with Crippen LogP contribution in [0.15, 0.2) is 65.9 Å². The summed E-state index contributed by atoms with van der Waals surface area (Å²) < 4.78 is 0. The van der Waals surface area contributed by atoms with E-state index in [4.69, 9.17) is 0 Å². The van der Waals surface area contributed by atoms with E-state index in [-0.39, 0.29) is 0 Å². The fourth-order valence-electron chi connectivity index (χ4n) is 2.23. The van der Waals surface area contributed by atoms with Crippen molar-refractivity contribution in [2.24, 2.45) is 5.10 Å². The number of H-pyrrole nitrogens is 1. The maximum absolute atomic E-state index is 4.28. The van der Waals surface area contributed by atoms with E-state index in [1.807, 2.05) is 30.6 Å². The highest BCUT2D eigenvalue weighted by atomic mass is 15.3. The molecule has 100 valence electrons. The summed E-state index contributed by atoms with van der Waals surface area (Å²) in [5.74, 6) is 0. The first kappa shape index (κ1) is 12.5. The lowest BCUT2D eigenvalue weighted by atomic mass is 10.2. The SMILES string of the molecule is C(=N\NCCc1ccccc1)/c1c[nH]c2ccccc12. The van der Waals surface area contributed by atoms with Crippen LogP contribution in [0.2, 0.25) is 0 Å². The number of para-hydroxylation sites is 1. The Morgan fingerprint density at radius 1 is 1.00 bits per heavy atom. The number of benzene rings is 2. The standard InChI is InChI=1S/C17H17N3/c1-2-6-14(7-3-1)10-11-19-20-13-15-12-18-17-9-5-4-8-16(15)17/h1-9,12-13,18-19H,10-11H2/b20-13+. The minimum atomic E-state index is 0.836. The number of rotatable bonds is 5. The first-order chi connectivity index (χ1) is 9.93. The summed E-state index contributed by atoms with van der Waals surface area (Å²) in [6.45, 7) is 0.836. The fourth-order valence-corrected chi connectivity index (χ4v) is 2.23. The monoisotopic (exact) mass is 263 g/mol. The second kappa shape index (κ2) is 6.06. The second-order valence-corrected chi connectivity index (χ2v) is 4.69. The van der Waals surface area contributed by atoms with E-state index in [0.29, 0.717) is 0 Å². The molecule has 0 fully saturated rings. The van der Waals surface area contributed by atoms with Gasteiger partial charge >= 0.3 is 0 Å². The van der Waals surface area contributed by atoms with Crippen molar-refractivity contribution in [2.45, 2.75) is 6.42 Å². The molecule has 0 unspecified atom stereocenters. The van der Waals surface area contributed by atoms with E-state index in [9.17, 15) is 0 Å². The largest absolute Gasteiger partial charge is 0.361 e. The van der Waals surface area contributed by atoms with Crippen LogP contribution in [-0.2, 0) is 6.42 Å². The van der Waals surface area contributed by atoms with E-state index < -0.39 is 0 Å². The molecule has 3 heteroatoms. The van der Waals surface area contributed by atoms with Gasteiger partial charge in [0.1, 0.15) is 0 Å². The van der Waals surface area contributed by atoms with Gasteiger partial charge in [-0.05, 0) is 18.1 Å². The normalized spacial score (nSPS) is 11.2. The number of aromatic nitrogens is 1. The van der Waals surface area contributed by atoms with Crippen LogP contribution in [0.3, 0.4) is 0 Å². The van der Waals surface area contributed by atoms with Crippen molar-refractivity contribution in [1.82, 2.24) is 10.4 Å². The van der Waals surface area contributed by atoms with E-state index in [1.165, 1.54) is 10.9 Å². The lowest BCUT2D eigenvalue weighted by Crippen LogP contribution is -2.10. The molecule has 2 N–H and O–H groups in total. The molecular weight excluding hydrogens is 246 g/mol. The predicted octanol–water partition coefficient (Wildman–Crippen LogP) is 3.33. The molecule has 1 aromatic heterocycles. The van der Waals surface area contributed by atoms with Gasteiger partial charge in [0.05, 0.1) is 6.21 Å². The number of hydrazone groups is 1. The zero-order chi connectivity index (χ0) is 13.6. The van der Waals surface area contributed by atoms with Gasteiger partial charge in [-0.25, -0.2) is 0 Å². The molecule has 0 saturated carbocycles. The number of nitrogens with zero attached hydrogens (tertiary/aromatic N) is 1. The molecule has 2 aromatic carbocycles. The Labute approximate surface area is 118 Å². The second-order valence-electron chi connectivity index (χ2n) is 4.69. The summed E-state index contributed by atoms with van der Waals surface area (Å²) in [6.07, 6.45) is 4.82. The van der Waals surface area contributed by atoms with Crippen LogP contribution in [0.5, 0.6) is 0 Å². The number of nitrogens with one attached hydrogen (secondary N) is 2. The van der Waals surface area contributed by atoms with Crippen molar-refractivity contribution >= 4 is 17.1 Å². The molecule has 0 atom stereocenters. The Bertz CT molecular complexity index is 698. The van der Waals surface area contributed by atoms with Gasteiger partial charge in [0.2, 0.25) is 0 Å². The van der Waals surface area contributed by atoms with Crippen molar-refractivity contribution in [3.8, 4) is 0 Å². The summed E-state index contributed by atoms with van der Waals surface area (Å²) in [5, 5.41) is 5.48. The molecule has 20 heavy (non-hydrogen) atoms. The van der Waals surface area contributed by atoms with Crippen LogP contribution in [-0.4, -0.2) is 17.7 Å². The van der Waals surface area contributed by atoms with Gasteiger partial charge in [0, 0.05) is 29.2 Å². The highest BCUT2D eigenvalue weighted by molar-refractivity contribution is 5.98.